The molecule has 5 nitrogen and oxygen atoms in total. The SMILES string of the molecule is CC[C@H](C(=O)N(Cc1cc(NC(=O)c2cccc(F)c2)ccc1N(C)C)C1CCCCC1)c1ccccc1. The first-order chi connectivity index (χ1) is 18.4. The molecule has 1 aliphatic carbocycles. The fourth-order valence-electron chi connectivity index (χ4n) is 5.46. The van der Waals surface area contributed by atoms with E-state index in [1.165, 1.54) is 24.6 Å². The van der Waals surface area contributed by atoms with E-state index in [0.29, 0.717) is 12.2 Å². The minimum atomic E-state index is -0.452. The van der Waals surface area contributed by atoms with Crippen LogP contribution in [0, 0.1) is 5.82 Å². The molecule has 0 unspecified atom stereocenters. The molecule has 4 rings (SSSR count). The Morgan fingerprint density at radius 3 is 2.34 bits per heavy atom. The summed E-state index contributed by atoms with van der Waals surface area (Å²) in [6.07, 6.45) is 6.20. The summed E-state index contributed by atoms with van der Waals surface area (Å²) in [6.45, 7) is 2.53. The van der Waals surface area contributed by atoms with E-state index >= 15 is 0 Å². The van der Waals surface area contributed by atoms with Gasteiger partial charge in [-0.2, -0.15) is 0 Å². The molecule has 0 radical (unpaired) electrons. The van der Waals surface area contributed by atoms with Gasteiger partial charge in [-0.25, -0.2) is 4.39 Å². The van der Waals surface area contributed by atoms with E-state index in [-0.39, 0.29) is 29.3 Å². The van der Waals surface area contributed by atoms with Crippen LogP contribution in [0.3, 0.4) is 0 Å². The average Bonchev–Trinajstić information content (AvgIpc) is 2.93. The van der Waals surface area contributed by atoms with Crippen molar-refractivity contribution in [2.45, 2.75) is 64.0 Å². The third kappa shape index (κ3) is 6.60. The van der Waals surface area contributed by atoms with Gasteiger partial charge in [0.2, 0.25) is 5.91 Å². The number of halogens is 1. The molecule has 2 amide bonds. The molecule has 0 spiro atoms. The molecular weight excluding hydrogens is 477 g/mol. The quantitative estimate of drug-likeness (QED) is 0.334. The zero-order valence-electron chi connectivity index (χ0n) is 22.6. The van der Waals surface area contributed by atoms with Gasteiger partial charge in [-0.1, -0.05) is 62.6 Å². The van der Waals surface area contributed by atoms with Crippen LogP contribution >= 0.6 is 0 Å². The maximum Gasteiger partial charge on any atom is 0.255 e. The Bertz CT molecular complexity index is 1240. The highest BCUT2D eigenvalue weighted by atomic mass is 19.1. The standard InChI is InChI=1S/C32H38FN3O2/c1-4-29(23-12-7-5-8-13-23)32(38)36(28-16-9-6-10-17-28)22-25-21-27(18-19-30(25)35(2)3)34-31(37)24-14-11-15-26(33)20-24/h5,7-8,11-15,18-21,28-29H,4,6,9-10,16-17,22H2,1-3H3,(H,34,37)/t29-/m0/s1. The minimum absolute atomic E-state index is 0.157. The summed E-state index contributed by atoms with van der Waals surface area (Å²) in [4.78, 5) is 31.1. The van der Waals surface area contributed by atoms with Gasteiger partial charge >= 0.3 is 0 Å². The van der Waals surface area contributed by atoms with Gasteiger partial charge in [-0.3, -0.25) is 9.59 Å². The largest absolute Gasteiger partial charge is 0.377 e. The monoisotopic (exact) mass is 515 g/mol. The van der Waals surface area contributed by atoms with Crippen LogP contribution in [0.25, 0.3) is 0 Å². The van der Waals surface area contributed by atoms with Gasteiger partial charge < -0.3 is 15.1 Å². The molecule has 1 N–H and O–H groups in total. The Hall–Kier alpha value is -3.67. The summed E-state index contributed by atoms with van der Waals surface area (Å²) in [5, 5.41) is 2.91. The Labute approximate surface area is 225 Å². The van der Waals surface area contributed by atoms with Crippen molar-refractivity contribution in [1.29, 1.82) is 0 Å². The molecule has 38 heavy (non-hydrogen) atoms. The molecule has 1 atom stereocenters. The van der Waals surface area contributed by atoms with Crippen molar-refractivity contribution < 1.29 is 14.0 Å². The second-order valence-electron chi connectivity index (χ2n) is 10.3. The summed E-state index contributed by atoms with van der Waals surface area (Å²) >= 11 is 0. The molecule has 1 fully saturated rings. The Morgan fingerprint density at radius 1 is 0.947 bits per heavy atom. The van der Waals surface area contributed by atoms with Crippen molar-refractivity contribution in [3.05, 3.63) is 95.3 Å². The molecule has 0 bridgehead atoms. The van der Waals surface area contributed by atoms with Crippen molar-refractivity contribution in [1.82, 2.24) is 4.90 Å². The number of carbonyl (C=O) groups excluding carboxylic acids is 2. The maximum atomic E-state index is 14.1. The van der Waals surface area contributed by atoms with Gasteiger partial charge in [0.05, 0.1) is 5.92 Å². The van der Waals surface area contributed by atoms with E-state index in [4.69, 9.17) is 0 Å². The van der Waals surface area contributed by atoms with Crippen molar-refractivity contribution in [3.63, 3.8) is 0 Å². The van der Waals surface area contributed by atoms with Crippen LogP contribution in [-0.4, -0.2) is 36.9 Å². The number of amides is 2. The predicted molar refractivity (Wildman–Crippen MR) is 152 cm³/mol. The fourth-order valence-corrected chi connectivity index (χ4v) is 5.46. The first-order valence-electron chi connectivity index (χ1n) is 13.6. The summed E-state index contributed by atoms with van der Waals surface area (Å²) in [6, 6.07) is 21.6. The third-order valence-electron chi connectivity index (χ3n) is 7.45. The van der Waals surface area contributed by atoms with Crippen LogP contribution in [0.2, 0.25) is 0 Å². The van der Waals surface area contributed by atoms with Crippen LogP contribution in [0.15, 0.2) is 72.8 Å². The van der Waals surface area contributed by atoms with Crippen LogP contribution < -0.4 is 10.2 Å². The number of benzene rings is 3. The van der Waals surface area contributed by atoms with E-state index in [1.807, 2.05) is 67.5 Å². The number of hydrogen-bond donors (Lipinski definition) is 1. The fraction of sp³-hybridized carbons (Fsp3) is 0.375. The molecule has 3 aromatic carbocycles. The van der Waals surface area contributed by atoms with Crippen molar-refractivity contribution in [2.75, 3.05) is 24.3 Å². The lowest BCUT2D eigenvalue weighted by Crippen LogP contribution is -2.43. The summed E-state index contributed by atoms with van der Waals surface area (Å²) in [5.41, 5.74) is 3.88. The molecule has 1 saturated carbocycles. The van der Waals surface area contributed by atoms with Gasteiger partial charge in [-0.15, -0.1) is 0 Å². The summed E-state index contributed by atoms with van der Waals surface area (Å²) < 4.78 is 13.7. The zero-order chi connectivity index (χ0) is 27.1. The van der Waals surface area contributed by atoms with Gasteiger partial charge in [0.15, 0.2) is 0 Å². The van der Waals surface area contributed by atoms with E-state index in [2.05, 4.69) is 17.1 Å². The highest BCUT2D eigenvalue weighted by molar-refractivity contribution is 6.04. The van der Waals surface area contributed by atoms with Gasteiger partial charge in [-0.05, 0) is 66.8 Å². The van der Waals surface area contributed by atoms with E-state index in [0.717, 1.165) is 48.9 Å². The van der Waals surface area contributed by atoms with Gasteiger partial charge in [0.1, 0.15) is 5.82 Å². The van der Waals surface area contributed by atoms with Crippen LogP contribution in [-0.2, 0) is 11.3 Å². The number of anilines is 2. The van der Waals surface area contributed by atoms with E-state index in [1.54, 1.807) is 6.07 Å². The first-order valence-corrected chi connectivity index (χ1v) is 13.6. The lowest BCUT2D eigenvalue weighted by atomic mass is 9.90. The third-order valence-corrected chi connectivity index (χ3v) is 7.45. The number of rotatable bonds is 9. The minimum Gasteiger partial charge on any atom is -0.377 e. The molecule has 0 saturated heterocycles. The molecule has 200 valence electrons. The van der Waals surface area contributed by atoms with Gasteiger partial charge in [0, 0.05) is 43.6 Å². The molecular formula is C32H38FN3O2. The second kappa shape index (κ2) is 12.7. The van der Waals surface area contributed by atoms with Crippen molar-refractivity contribution in [2.24, 2.45) is 0 Å². The van der Waals surface area contributed by atoms with Crippen LogP contribution in [0.5, 0.6) is 0 Å². The number of carbonyl (C=O) groups is 2. The first kappa shape index (κ1) is 27.4. The lowest BCUT2D eigenvalue weighted by molar-refractivity contribution is -0.136. The number of nitrogens with zero attached hydrogens (tertiary/aromatic N) is 2. The lowest BCUT2D eigenvalue weighted by Gasteiger charge is -2.37. The van der Waals surface area contributed by atoms with Crippen molar-refractivity contribution >= 4 is 23.2 Å². The smallest absolute Gasteiger partial charge is 0.255 e. The normalized spacial score (nSPS) is 14.5. The second-order valence-corrected chi connectivity index (χ2v) is 10.3. The molecule has 0 aliphatic heterocycles. The highest BCUT2D eigenvalue weighted by Gasteiger charge is 2.31. The molecule has 6 heteroatoms. The zero-order valence-corrected chi connectivity index (χ0v) is 22.6. The summed E-state index contributed by atoms with van der Waals surface area (Å²) in [7, 11) is 3.96. The molecule has 0 heterocycles. The van der Waals surface area contributed by atoms with E-state index in [9.17, 15) is 14.0 Å². The highest BCUT2D eigenvalue weighted by Crippen LogP contribution is 2.32. The molecule has 0 aromatic heterocycles. The predicted octanol–water partition coefficient (Wildman–Crippen LogP) is 7.00. The Kier molecular flexibility index (Phi) is 9.16. The average molecular weight is 516 g/mol. The topological polar surface area (TPSA) is 52.7 Å². The van der Waals surface area contributed by atoms with Crippen LogP contribution in [0.4, 0.5) is 15.8 Å². The number of hydrogen-bond acceptors (Lipinski definition) is 3. The number of nitrogens with one attached hydrogen (secondary N) is 1. The van der Waals surface area contributed by atoms with E-state index < -0.39 is 5.82 Å². The summed E-state index contributed by atoms with van der Waals surface area (Å²) in [5.74, 6) is -0.864. The Balaban J connectivity index is 1.65. The van der Waals surface area contributed by atoms with Gasteiger partial charge in [0.25, 0.3) is 5.91 Å². The Morgan fingerprint density at radius 2 is 1.68 bits per heavy atom. The molecule has 1 aliphatic rings. The maximum absolute atomic E-state index is 14.1. The molecule has 3 aromatic rings. The van der Waals surface area contributed by atoms with Crippen molar-refractivity contribution in [3.8, 4) is 0 Å². The van der Waals surface area contributed by atoms with Crippen LogP contribution in [0.1, 0.15) is 72.9 Å².